The van der Waals surface area contributed by atoms with Gasteiger partial charge in [-0.25, -0.2) is 0 Å². The predicted octanol–water partition coefficient (Wildman–Crippen LogP) is 10.3. The van der Waals surface area contributed by atoms with Crippen molar-refractivity contribution in [2.45, 2.75) is 106 Å². The molecule has 0 saturated carbocycles. The van der Waals surface area contributed by atoms with Crippen molar-refractivity contribution in [3.8, 4) is 23.0 Å². The fourth-order valence-corrected chi connectivity index (χ4v) is 8.12. The topological polar surface area (TPSA) is 77.5 Å². The summed E-state index contributed by atoms with van der Waals surface area (Å²) in [4.78, 5) is 34.2. The molecule has 312 valence electrons. The zero-order valence-corrected chi connectivity index (χ0v) is 36.3. The summed E-state index contributed by atoms with van der Waals surface area (Å²) in [5.41, 5.74) is 7.02. The van der Waals surface area contributed by atoms with Gasteiger partial charge in [0.25, 0.3) is 0 Å². The number of benzene rings is 4. The largest absolute Gasteiger partial charge is 0.493 e. The first-order valence-electron chi connectivity index (χ1n) is 21.9. The number of amides is 2. The van der Waals surface area contributed by atoms with E-state index >= 15 is 9.59 Å². The molecule has 5 rings (SSSR count). The molecule has 8 bridgehead atoms. The second-order valence-corrected chi connectivity index (χ2v) is 15.0. The molecule has 1 aliphatic rings. The van der Waals surface area contributed by atoms with Crippen LogP contribution in [0.4, 0.5) is 0 Å². The minimum Gasteiger partial charge on any atom is -0.493 e. The first kappa shape index (κ1) is 44.1. The lowest BCUT2D eigenvalue weighted by atomic mass is 9.81. The Morgan fingerprint density at radius 2 is 0.707 bits per heavy atom. The fraction of sp³-hybridized carbons (Fsp3) is 0.480. The lowest BCUT2D eigenvalue weighted by Crippen LogP contribution is -2.37. The van der Waals surface area contributed by atoms with E-state index in [1.165, 1.54) is 0 Å². The molecule has 8 heteroatoms. The Balaban J connectivity index is 2.00. The van der Waals surface area contributed by atoms with Crippen LogP contribution in [0.15, 0.2) is 72.8 Å². The summed E-state index contributed by atoms with van der Waals surface area (Å²) < 4.78 is 27.0. The van der Waals surface area contributed by atoms with Gasteiger partial charge < -0.3 is 28.7 Å². The van der Waals surface area contributed by atoms with Crippen molar-refractivity contribution in [2.75, 3.05) is 52.6 Å². The molecule has 0 aliphatic heterocycles. The summed E-state index contributed by atoms with van der Waals surface area (Å²) in [7, 11) is 0. The van der Waals surface area contributed by atoms with Gasteiger partial charge in [0.1, 0.15) is 23.0 Å². The van der Waals surface area contributed by atoms with Crippen molar-refractivity contribution in [1.82, 2.24) is 9.80 Å². The van der Waals surface area contributed by atoms with Crippen molar-refractivity contribution in [1.29, 1.82) is 0 Å². The molecular formula is C50H66N2O6. The van der Waals surface area contributed by atoms with E-state index < -0.39 is 11.8 Å². The van der Waals surface area contributed by atoms with E-state index in [1.54, 1.807) is 0 Å². The molecule has 2 atom stereocenters. The van der Waals surface area contributed by atoms with E-state index in [2.05, 4.69) is 58.0 Å². The maximum absolute atomic E-state index is 15.2. The number of fused-ring (bicyclic) bond motifs is 8. The van der Waals surface area contributed by atoms with Crippen LogP contribution >= 0.6 is 0 Å². The fourth-order valence-electron chi connectivity index (χ4n) is 8.12. The van der Waals surface area contributed by atoms with Gasteiger partial charge in [0.15, 0.2) is 0 Å². The molecule has 0 radical (unpaired) electrons. The van der Waals surface area contributed by atoms with Gasteiger partial charge >= 0.3 is 0 Å². The Bertz CT molecular complexity index is 1840. The third-order valence-electron chi connectivity index (χ3n) is 11.0. The Morgan fingerprint density at radius 1 is 0.431 bits per heavy atom. The Hall–Kier alpha value is -4.98. The zero-order chi connectivity index (χ0) is 41.6. The molecule has 0 spiro atoms. The van der Waals surface area contributed by atoms with E-state index in [1.807, 2.05) is 80.0 Å². The van der Waals surface area contributed by atoms with Gasteiger partial charge in [-0.15, -0.1) is 0 Å². The molecule has 2 unspecified atom stereocenters. The Labute approximate surface area is 347 Å². The van der Waals surface area contributed by atoms with Crippen LogP contribution in [-0.2, 0) is 22.4 Å². The van der Waals surface area contributed by atoms with Gasteiger partial charge in [-0.2, -0.15) is 0 Å². The van der Waals surface area contributed by atoms with Crippen LogP contribution in [0.25, 0.3) is 0 Å². The van der Waals surface area contributed by atoms with Crippen molar-refractivity contribution in [3.63, 3.8) is 0 Å². The second kappa shape index (κ2) is 21.7. The number of para-hydroxylation sites is 4. The molecule has 8 nitrogen and oxygen atoms in total. The van der Waals surface area contributed by atoms with Crippen molar-refractivity contribution in [3.05, 3.63) is 117 Å². The Morgan fingerprint density at radius 3 is 1.05 bits per heavy atom. The molecule has 0 fully saturated rings. The molecule has 2 amide bonds. The zero-order valence-electron chi connectivity index (χ0n) is 36.3. The summed E-state index contributed by atoms with van der Waals surface area (Å²) in [6.45, 7) is 20.6. The van der Waals surface area contributed by atoms with Crippen LogP contribution in [0.1, 0.15) is 137 Å². The normalized spacial score (nSPS) is 14.7. The van der Waals surface area contributed by atoms with E-state index in [4.69, 9.17) is 18.9 Å². The van der Waals surface area contributed by atoms with Gasteiger partial charge in [-0.1, -0.05) is 100 Å². The average Bonchev–Trinajstić information content (AvgIpc) is 3.23. The highest BCUT2D eigenvalue weighted by molar-refractivity contribution is 5.92. The highest BCUT2D eigenvalue weighted by atomic mass is 16.5. The number of ether oxygens (including phenoxy) is 4. The summed E-state index contributed by atoms with van der Waals surface area (Å²) in [6, 6.07) is 24.7. The monoisotopic (exact) mass is 790 g/mol. The third-order valence-corrected chi connectivity index (χ3v) is 11.0. The molecule has 4 aromatic carbocycles. The van der Waals surface area contributed by atoms with E-state index in [0.29, 0.717) is 93.8 Å². The number of hydrogen-bond donors (Lipinski definition) is 0. The number of carbonyl (C=O) groups excluding carboxylic acids is 2. The van der Waals surface area contributed by atoms with Crippen LogP contribution in [0.3, 0.4) is 0 Å². The maximum atomic E-state index is 15.2. The minimum absolute atomic E-state index is 0.0438. The van der Waals surface area contributed by atoms with Gasteiger partial charge in [-0.05, 0) is 75.6 Å². The van der Waals surface area contributed by atoms with Gasteiger partial charge in [0.2, 0.25) is 11.8 Å². The molecule has 0 aromatic heterocycles. The highest BCUT2D eigenvalue weighted by Crippen LogP contribution is 2.47. The number of hydrogen-bond acceptors (Lipinski definition) is 6. The number of nitrogens with zero attached hydrogens (tertiary/aromatic N) is 2. The summed E-state index contributed by atoms with van der Waals surface area (Å²) in [5.74, 6) is 1.18. The summed E-state index contributed by atoms with van der Waals surface area (Å²) in [6.07, 6.45) is 4.31. The van der Waals surface area contributed by atoms with Crippen LogP contribution in [0, 0.1) is 0 Å². The predicted molar refractivity (Wildman–Crippen MR) is 234 cm³/mol. The molecular weight excluding hydrogens is 725 g/mol. The molecule has 58 heavy (non-hydrogen) atoms. The second-order valence-electron chi connectivity index (χ2n) is 15.0. The lowest BCUT2D eigenvalue weighted by Gasteiger charge is -2.32. The van der Waals surface area contributed by atoms with Gasteiger partial charge in [0.05, 0.1) is 38.3 Å². The maximum Gasteiger partial charge on any atom is 0.234 e. The quantitative estimate of drug-likeness (QED) is 0.0999. The first-order valence-corrected chi connectivity index (χ1v) is 21.9. The average molecular weight is 791 g/mol. The first-order chi connectivity index (χ1) is 28.3. The standard InChI is InChI=1S/C50H66N2O6/c1-9-29-55-45-35-21-17-22-36(45)34-38-24-19-26-40(47(38)57-31-11-3)44(50(54)52(15-7)16-8)42-28-20-27-41(48(42)58-32-12-4)43(49(53)51(13-5)14-6)39-25-18-23-37(33-35)46(39)56-30-10-2/h17-28,43-44H,9-16,29-34H2,1-8H3. The van der Waals surface area contributed by atoms with Crippen LogP contribution in [0.5, 0.6) is 23.0 Å². The third kappa shape index (κ3) is 9.65. The van der Waals surface area contributed by atoms with Crippen LogP contribution in [-0.4, -0.2) is 74.2 Å². The minimum atomic E-state index is -0.778. The Kier molecular flexibility index (Phi) is 16.5. The molecule has 0 saturated heterocycles. The molecule has 1 aliphatic carbocycles. The lowest BCUT2D eigenvalue weighted by molar-refractivity contribution is -0.132. The van der Waals surface area contributed by atoms with E-state index in [-0.39, 0.29) is 11.8 Å². The van der Waals surface area contributed by atoms with Gasteiger partial charge in [0, 0.05) is 61.3 Å². The molecule has 0 heterocycles. The number of carbonyl (C=O) groups is 2. The number of rotatable bonds is 18. The molecule has 4 aromatic rings. The number of likely N-dealkylation sites (N-methyl/N-ethyl adjacent to an activating group) is 2. The van der Waals surface area contributed by atoms with Crippen LogP contribution in [0.2, 0.25) is 0 Å². The van der Waals surface area contributed by atoms with E-state index in [0.717, 1.165) is 64.8 Å². The summed E-state index contributed by atoms with van der Waals surface area (Å²) in [5, 5.41) is 0. The SMILES string of the molecule is CCCOc1c2cccc1Cc1cccc(c1OCCC)C(C(=O)N(CC)CC)c1cccc(c1OCCC)C(C(=O)N(CC)CC)c1cccc(c1OCCC)C2. The molecule has 0 N–H and O–H groups in total. The van der Waals surface area contributed by atoms with E-state index in [9.17, 15) is 0 Å². The van der Waals surface area contributed by atoms with Crippen molar-refractivity contribution in [2.24, 2.45) is 0 Å². The van der Waals surface area contributed by atoms with Crippen molar-refractivity contribution < 1.29 is 28.5 Å². The highest BCUT2D eigenvalue weighted by Gasteiger charge is 2.38. The van der Waals surface area contributed by atoms with Crippen molar-refractivity contribution >= 4 is 11.8 Å². The smallest absolute Gasteiger partial charge is 0.234 e. The van der Waals surface area contributed by atoms with Gasteiger partial charge in [-0.3, -0.25) is 9.59 Å². The summed E-state index contributed by atoms with van der Waals surface area (Å²) >= 11 is 0. The van der Waals surface area contributed by atoms with Crippen LogP contribution < -0.4 is 18.9 Å².